The molecule has 1 aromatic heterocycles. The highest BCUT2D eigenvalue weighted by Crippen LogP contribution is 2.19. The summed E-state index contributed by atoms with van der Waals surface area (Å²) < 4.78 is 17.9. The lowest BCUT2D eigenvalue weighted by Gasteiger charge is -2.02. The van der Waals surface area contributed by atoms with Gasteiger partial charge in [-0.15, -0.1) is 0 Å². The third-order valence-corrected chi connectivity index (χ3v) is 2.65. The number of methoxy groups -OCH3 is 1. The fourth-order valence-electron chi connectivity index (χ4n) is 0.699. The summed E-state index contributed by atoms with van der Waals surface area (Å²) in [5.74, 6) is -1.15. The highest BCUT2D eigenvalue weighted by molar-refractivity contribution is 14.1. The average Bonchev–Trinajstić information content (AvgIpc) is 2.10. The number of halogens is 3. The average molecular weight is 360 g/mol. The zero-order valence-corrected chi connectivity index (χ0v) is 10.2. The maximum Gasteiger partial charge on any atom is 0.340 e. The van der Waals surface area contributed by atoms with Crippen LogP contribution >= 0.6 is 38.5 Å². The molecule has 0 aromatic carbocycles. The first-order valence-electron chi connectivity index (χ1n) is 3.16. The molecule has 70 valence electrons. The zero-order chi connectivity index (χ0) is 10.0. The first kappa shape index (κ1) is 10.8. The number of hydrogen-bond donors (Lipinski definition) is 0. The van der Waals surface area contributed by atoms with Gasteiger partial charge in [-0.1, -0.05) is 0 Å². The van der Waals surface area contributed by atoms with Crippen LogP contribution in [0.5, 0.6) is 0 Å². The van der Waals surface area contributed by atoms with Gasteiger partial charge in [0.1, 0.15) is 8.30 Å². The molecule has 6 heteroatoms. The maximum absolute atomic E-state index is 13.0. The molecule has 0 bridgehead atoms. The van der Waals surface area contributed by atoms with E-state index < -0.39 is 11.8 Å². The van der Waals surface area contributed by atoms with Crippen molar-refractivity contribution in [1.29, 1.82) is 0 Å². The van der Waals surface area contributed by atoms with E-state index in [1.165, 1.54) is 7.11 Å². The summed E-state index contributed by atoms with van der Waals surface area (Å²) in [4.78, 5) is 14.8. The SMILES string of the molecule is COC(=O)c1cc(F)c(I)nc1Br. The molecule has 0 N–H and O–H groups in total. The van der Waals surface area contributed by atoms with Crippen molar-refractivity contribution in [2.75, 3.05) is 7.11 Å². The van der Waals surface area contributed by atoms with Crippen LogP contribution in [0, 0.1) is 9.52 Å². The second kappa shape index (κ2) is 4.32. The van der Waals surface area contributed by atoms with Gasteiger partial charge in [-0.25, -0.2) is 14.2 Å². The summed E-state index contributed by atoms with van der Waals surface area (Å²) in [6.07, 6.45) is 0. The highest BCUT2D eigenvalue weighted by atomic mass is 127. The minimum Gasteiger partial charge on any atom is -0.465 e. The molecular weight excluding hydrogens is 356 g/mol. The molecule has 1 aromatic rings. The van der Waals surface area contributed by atoms with E-state index in [0.29, 0.717) is 0 Å². The van der Waals surface area contributed by atoms with Crippen molar-refractivity contribution in [1.82, 2.24) is 4.98 Å². The summed E-state index contributed by atoms with van der Waals surface area (Å²) in [7, 11) is 1.23. The van der Waals surface area contributed by atoms with E-state index in [2.05, 4.69) is 25.7 Å². The van der Waals surface area contributed by atoms with Gasteiger partial charge < -0.3 is 4.74 Å². The number of rotatable bonds is 1. The molecule has 0 aliphatic heterocycles. The van der Waals surface area contributed by atoms with E-state index in [1.54, 1.807) is 22.6 Å². The number of nitrogens with zero attached hydrogens (tertiary/aromatic N) is 1. The molecule has 0 saturated carbocycles. The predicted octanol–water partition coefficient (Wildman–Crippen LogP) is 2.37. The van der Waals surface area contributed by atoms with Gasteiger partial charge in [-0.2, -0.15) is 0 Å². The molecular formula is C7H4BrFINO2. The lowest BCUT2D eigenvalue weighted by molar-refractivity contribution is 0.0598. The Hall–Kier alpha value is -0.240. The molecule has 3 nitrogen and oxygen atoms in total. The fraction of sp³-hybridized carbons (Fsp3) is 0.143. The first-order chi connectivity index (χ1) is 6.06. The summed E-state index contributed by atoms with van der Waals surface area (Å²) in [6.45, 7) is 0. The Morgan fingerprint density at radius 1 is 1.77 bits per heavy atom. The Bertz CT molecular complexity index is 359. The van der Waals surface area contributed by atoms with Crippen LogP contribution in [-0.2, 0) is 4.74 Å². The van der Waals surface area contributed by atoms with E-state index in [-0.39, 0.29) is 13.9 Å². The van der Waals surface area contributed by atoms with Crippen molar-refractivity contribution in [3.63, 3.8) is 0 Å². The highest BCUT2D eigenvalue weighted by Gasteiger charge is 2.14. The summed E-state index contributed by atoms with van der Waals surface area (Å²) >= 11 is 4.77. The van der Waals surface area contributed by atoms with Crippen molar-refractivity contribution < 1.29 is 13.9 Å². The zero-order valence-electron chi connectivity index (χ0n) is 6.47. The molecule has 0 atom stereocenters. The second-order valence-electron chi connectivity index (χ2n) is 2.09. The number of carbonyl (C=O) groups is 1. The Kier molecular flexibility index (Phi) is 3.60. The van der Waals surface area contributed by atoms with E-state index in [1.807, 2.05) is 0 Å². The van der Waals surface area contributed by atoms with Crippen LogP contribution < -0.4 is 0 Å². The van der Waals surface area contributed by atoms with Crippen LogP contribution in [0.3, 0.4) is 0 Å². The lowest BCUT2D eigenvalue weighted by Crippen LogP contribution is -2.05. The monoisotopic (exact) mass is 359 g/mol. The number of ether oxygens (including phenoxy) is 1. The predicted molar refractivity (Wildman–Crippen MR) is 56.0 cm³/mol. The number of esters is 1. The molecule has 0 amide bonds. The number of carbonyl (C=O) groups excluding carboxylic acids is 1. The van der Waals surface area contributed by atoms with E-state index >= 15 is 0 Å². The number of aromatic nitrogens is 1. The minimum absolute atomic E-state index is 0.0837. The molecule has 1 heterocycles. The van der Waals surface area contributed by atoms with Gasteiger partial charge in [0, 0.05) is 0 Å². The molecule has 0 aliphatic carbocycles. The largest absolute Gasteiger partial charge is 0.465 e. The third-order valence-electron chi connectivity index (χ3n) is 1.29. The van der Waals surface area contributed by atoms with Crippen LogP contribution in [0.25, 0.3) is 0 Å². The summed E-state index contributed by atoms with van der Waals surface area (Å²) in [5.41, 5.74) is 0.0837. The molecule has 0 saturated heterocycles. The Balaban J connectivity index is 3.23. The quantitative estimate of drug-likeness (QED) is 0.439. The molecule has 0 spiro atoms. The fourth-order valence-corrected chi connectivity index (χ4v) is 1.88. The van der Waals surface area contributed by atoms with Gasteiger partial charge in [0.2, 0.25) is 0 Å². The lowest BCUT2D eigenvalue weighted by atomic mass is 10.3. The van der Waals surface area contributed by atoms with Gasteiger partial charge in [0.05, 0.1) is 12.7 Å². The van der Waals surface area contributed by atoms with E-state index in [0.717, 1.165) is 6.07 Å². The smallest absolute Gasteiger partial charge is 0.340 e. The molecule has 0 aliphatic rings. The molecule has 1 rings (SSSR count). The standard InChI is InChI=1S/C7H4BrFINO2/c1-13-7(12)3-2-4(9)6(10)11-5(3)8/h2H,1H3. The Morgan fingerprint density at radius 2 is 2.38 bits per heavy atom. The molecule has 0 radical (unpaired) electrons. The van der Waals surface area contributed by atoms with Gasteiger partial charge in [0.25, 0.3) is 0 Å². The van der Waals surface area contributed by atoms with Gasteiger partial charge >= 0.3 is 5.97 Å². The van der Waals surface area contributed by atoms with Crippen molar-refractivity contribution in [2.45, 2.75) is 0 Å². The first-order valence-corrected chi connectivity index (χ1v) is 5.03. The van der Waals surface area contributed by atoms with Crippen LogP contribution in [0.4, 0.5) is 4.39 Å². The van der Waals surface area contributed by atoms with Crippen LogP contribution in [0.2, 0.25) is 0 Å². The summed E-state index contributed by atoms with van der Waals surface area (Å²) in [5, 5.41) is 0. The number of pyridine rings is 1. The molecule has 0 unspecified atom stereocenters. The molecule has 0 fully saturated rings. The normalized spacial score (nSPS) is 9.85. The van der Waals surface area contributed by atoms with Crippen molar-refractivity contribution in [2.24, 2.45) is 0 Å². The van der Waals surface area contributed by atoms with Crippen LogP contribution in [0.15, 0.2) is 10.7 Å². The van der Waals surface area contributed by atoms with E-state index in [9.17, 15) is 9.18 Å². The number of hydrogen-bond acceptors (Lipinski definition) is 3. The van der Waals surface area contributed by atoms with Crippen LogP contribution in [-0.4, -0.2) is 18.1 Å². The van der Waals surface area contributed by atoms with Crippen LogP contribution in [0.1, 0.15) is 10.4 Å². The van der Waals surface area contributed by atoms with Crippen molar-refractivity contribution in [3.8, 4) is 0 Å². The Labute approximate surface area is 96.0 Å². The maximum atomic E-state index is 13.0. The van der Waals surface area contributed by atoms with Gasteiger partial charge in [0.15, 0.2) is 5.82 Å². The Morgan fingerprint density at radius 3 is 2.92 bits per heavy atom. The topological polar surface area (TPSA) is 39.2 Å². The van der Waals surface area contributed by atoms with Gasteiger partial charge in [-0.3, -0.25) is 0 Å². The summed E-state index contributed by atoms with van der Waals surface area (Å²) in [6, 6.07) is 1.09. The van der Waals surface area contributed by atoms with Gasteiger partial charge in [-0.05, 0) is 44.6 Å². The van der Waals surface area contributed by atoms with E-state index in [4.69, 9.17) is 0 Å². The minimum atomic E-state index is -0.616. The second-order valence-corrected chi connectivity index (χ2v) is 3.86. The van der Waals surface area contributed by atoms with Crippen molar-refractivity contribution in [3.05, 3.63) is 25.8 Å². The van der Waals surface area contributed by atoms with Crippen molar-refractivity contribution >= 4 is 44.5 Å². The third kappa shape index (κ3) is 2.37. The molecule has 13 heavy (non-hydrogen) atoms.